The summed E-state index contributed by atoms with van der Waals surface area (Å²) in [5.41, 5.74) is 3.87. The van der Waals surface area contributed by atoms with Gasteiger partial charge in [0, 0.05) is 67.8 Å². The van der Waals surface area contributed by atoms with Crippen molar-refractivity contribution in [1.29, 1.82) is 0 Å². The van der Waals surface area contributed by atoms with Gasteiger partial charge < -0.3 is 19.3 Å². The van der Waals surface area contributed by atoms with Crippen molar-refractivity contribution in [2.45, 2.75) is 39.2 Å². The van der Waals surface area contributed by atoms with Crippen LogP contribution in [0.2, 0.25) is 0 Å². The molecule has 1 aromatic carbocycles. The van der Waals surface area contributed by atoms with Crippen LogP contribution in [-0.4, -0.2) is 71.0 Å². The average Bonchev–Trinajstić information content (AvgIpc) is 3.36. The first kappa shape index (κ1) is 24.0. The number of hydrogen-bond donors (Lipinski definition) is 0. The summed E-state index contributed by atoms with van der Waals surface area (Å²) in [6, 6.07) is 9.99. The first-order valence-corrected chi connectivity index (χ1v) is 12.5. The van der Waals surface area contributed by atoms with Gasteiger partial charge >= 0.3 is 0 Å². The number of methoxy groups -OCH3 is 1. The van der Waals surface area contributed by atoms with E-state index in [1.807, 2.05) is 47.2 Å². The van der Waals surface area contributed by atoms with Crippen molar-refractivity contribution in [2.24, 2.45) is 5.92 Å². The number of amides is 2. The second-order valence-corrected chi connectivity index (χ2v) is 9.68. The largest absolute Gasteiger partial charge is 0.488 e. The van der Waals surface area contributed by atoms with Crippen LogP contribution in [0.4, 0.5) is 0 Å². The highest BCUT2D eigenvalue weighted by Crippen LogP contribution is 2.32. The number of carbonyl (C=O) groups excluding carboxylic acids is 2. The Morgan fingerprint density at radius 3 is 2.50 bits per heavy atom. The fourth-order valence-electron chi connectivity index (χ4n) is 5.29. The lowest BCUT2D eigenvalue weighted by Crippen LogP contribution is -2.43. The molecule has 0 radical (unpaired) electrons. The maximum atomic E-state index is 13.1. The van der Waals surface area contributed by atoms with Gasteiger partial charge in [0.1, 0.15) is 11.9 Å². The molecule has 2 aliphatic rings. The van der Waals surface area contributed by atoms with Crippen LogP contribution in [0.15, 0.2) is 42.7 Å². The molecule has 2 amide bonds. The Hall–Kier alpha value is -3.68. The van der Waals surface area contributed by atoms with E-state index in [0.29, 0.717) is 32.1 Å². The number of likely N-dealkylation sites (tertiary alicyclic amines) is 2. The van der Waals surface area contributed by atoms with Gasteiger partial charge in [0.05, 0.1) is 19.2 Å². The molecule has 5 rings (SSSR count). The molecule has 2 fully saturated rings. The van der Waals surface area contributed by atoms with E-state index in [-0.39, 0.29) is 23.8 Å². The summed E-state index contributed by atoms with van der Waals surface area (Å²) < 4.78 is 11.6. The van der Waals surface area contributed by atoms with Crippen LogP contribution >= 0.6 is 0 Å². The number of carbonyl (C=O) groups is 2. The number of hydrogen-bond acceptors (Lipinski definition) is 6. The lowest BCUT2D eigenvalue weighted by Gasteiger charge is -2.32. The maximum Gasteiger partial charge on any atom is 0.225 e. The molecule has 36 heavy (non-hydrogen) atoms. The van der Waals surface area contributed by atoms with Gasteiger partial charge in [-0.2, -0.15) is 0 Å². The molecule has 0 aliphatic carbocycles. The third-order valence-electron chi connectivity index (χ3n) is 7.30. The molecule has 2 saturated heterocycles. The van der Waals surface area contributed by atoms with E-state index in [0.717, 1.165) is 52.6 Å². The first-order valence-electron chi connectivity index (χ1n) is 12.5. The predicted octanol–water partition coefficient (Wildman–Crippen LogP) is 3.85. The van der Waals surface area contributed by atoms with Crippen LogP contribution in [0, 0.1) is 12.8 Å². The number of rotatable bonds is 5. The van der Waals surface area contributed by atoms with Gasteiger partial charge in [-0.3, -0.25) is 14.6 Å². The Kier molecular flexibility index (Phi) is 6.76. The minimum Gasteiger partial charge on any atom is -0.488 e. The molecule has 8 nitrogen and oxygen atoms in total. The minimum absolute atomic E-state index is 0.00443. The van der Waals surface area contributed by atoms with Crippen LogP contribution in [-0.2, 0) is 9.59 Å². The van der Waals surface area contributed by atoms with Gasteiger partial charge in [-0.1, -0.05) is 0 Å². The summed E-state index contributed by atoms with van der Waals surface area (Å²) in [6.45, 7) is 6.18. The van der Waals surface area contributed by atoms with E-state index in [4.69, 9.17) is 9.47 Å². The molecular weight excluding hydrogens is 456 g/mol. The molecule has 8 heteroatoms. The smallest absolute Gasteiger partial charge is 0.225 e. The van der Waals surface area contributed by atoms with Crippen LogP contribution < -0.4 is 9.47 Å². The van der Waals surface area contributed by atoms with E-state index in [1.165, 1.54) is 0 Å². The average molecular weight is 489 g/mol. The summed E-state index contributed by atoms with van der Waals surface area (Å²) >= 11 is 0. The van der Waals surface area contributed by atoms with Gasteiger partial charge in [-0.05, 0) is 55.7 Å². The molecule has 0 spiro atoms. The second kappa shape index (κ2) is 10.1. The lowest BCUT2D eigenvalue weighted by atomic mass is 9.95. The number of nitrogens with zero attached hydrogens (tertiary/aromatic N) is 4. The molecule has 0 saturated carbocycles. The Labute approximate surface area is 211 Å². The highest BCUT2D eigenvalue weighted by molar-refractivity contribution is 5.95. The molecule has 2 aromatic heterocycles. The van der Waals surface area contributed by atoms with Crippen molar-refractivity contribution < 1.29 is 19.1 Å². The van der Waals surface area contributed by atoms with E-state index < -0.39 is 0 Å². The maximum absolute atomic E-state index is 13.1. The summed E-state index contributed by atoms with van der Waals surface area (Å²) in [5.74, 6) is 1.66. The highest BCUT2D eigenvalue weighted by Gasteiger charge is 2.34. The highest BCUT2D eigenvalue weighted by atomic mass is 16.5. The number of piperidine rings is 1. The van der Waals surface area contributed by atoms with Crippen LogP contribution in [0.25, 0.3) is 22.0 Å². The molecule has 4 heterocycles. The standard InChI is InChI=1S/C28H32N4O4/c1-18-14-21(16-30-27(18)35-3)24-6-10-29-26-5-4-22(15-25(24)26)36-23-9-13-32(17-23)28(34)20-7-11-31(12-8-20)19(2)33/h4-6,10,14-16,20,23H,7-9,11-13,17H2,1-3H3/t23-/m0/s1. The molecule has 3 aromatic rings. The molecule has 2 aliphatic heterocycles. The van der Waals surface area contributed by atoms with Crippen molar-refractivity contribution in [2.75, 3.05) is 33.3 Å². The molecule has 0 N–H and O–H groups in total. The number of pyridine rings is 2. The fraction of sp³-hybridized carbons (Fsp3) is 0.429. The zero-order valence-corrected chi connectivity index (χ0v) is 21.1. The molecular formula is C28H32N4O4. The monoisotopic (exact) mass is 488 g/mol. The first-order chi connectivity index (χ1) is 17.4. The topological polar surface area (TPSA) is 84.9 Å². The van der Waals surface area contributed by atoms with Crippen molar-refractivity contribution in [3.63, 3.8) is 0 Å². The fourth-order valence-corrected chi connectivity index (χ4v) is 5.29. The summed E-state index contributed by atoms with van der Waals surface area (Å²) in [4.78, 5) is 37.3. The number of benzene rings is 1. The Bertz CT molecular complexity index is 1290. The minimum atomic E-state index is -0.0475. The predicted molar refractivity (Wildman–Crippen MR) is 137 cm³/mol. The summed E-state index contributed by atoms with van der Waals surface area (Å²) in [5, 5.41) is 0.990. The third-order valence-corrected chi connectivity index (χ3v) is 7.30. The quantitative estimate of drug-likeness (QED) is 0.542. The van der Waals surface area contributed by atoms with Gasteiger partial charge in [0.25, 0.3) is 0 Å². The van der Waals surface area contributed by atoms with Gasteiger partial charge in [0.2, 0.25) is 17.7 Å². The summed E-state index contributed by atoms with van der Waals surface area (Å²) in [6.07, 6.45) is 5.85. The zero-order valence-electron chi connectivity index (χ0n) is 21.1. The Morgan fingerprint density at radius 1 is 1.00 bits per heavy atom. The van der Waals surface area contributed by atoms with Crippen LogP contribution in [0.5, 0.6) is 11.6 Å². The SMILES string of the molecule is COc1ncc(-c2ccnc3ccc(O[C@H]4CCN(C(=O)C5CCN(C(C)=O)CC5)C4)cc23)cc1C. The number of ether oxygens (including phenoxy) is 2. The summed E-state index contributed by atoms with van der Waals surface area (Å²) in [7, 11) is 1.62. The van der Waals surface area contributed by atoms with Crippen LogP contribution in [0.3, 0.4) is 0 Å². The number of aryl methyl sites for hydroxylation is 1. The van der Waals surface area contributed by atoms with Crippen molar-refractivity contribution in [3.05, 3.63) is 48.3 Å². The van der Waals surface area contributed by atoms with E-state index >= 15 is 0 Å². The number of fused-ring (bicyclic) bond motifs is 1. The lowest BCUT2D eigenvalue weighted by molar-refractivity contribution is -0.139. The van der Waals surface area contributed by atoms with Gasteiger partial charge in [0.15, 0.2) is 0 Å². The number of aromatic nitrogens is 2. The Morgan fingerprint density at radius 2 is 1.78 bits per heavy atom. The van der Waals surface area contributed by atoms with Crippen molar-refractivity contribution >= 4 is 22.7 Å². The molecule has 0 unspecified atom stereocenters. The van der Waals surface area contributed by atoms with Crippen molar-refractivity contribution in [1.82, 2.24) is 19.8 Å². The molecule has 1 atom stereocenters. The zero-order chi connectivity index (χ0) is 25.2. The second-order valence-electron chi connectivity index (χ2n) is 9.68. The van der Waals surface area contributed by atoms with Gasteiger partial charge in [-0.15, -0.1) is 0 Å². The van der Waals surface area contributed by atoms with Crippen LogP contribution in [0.1, 0.15) is 31.7 Å². The third kappa shape index (κ3) is 4.85. The van der Waals surface area contributed by atoms with E-state index in [1.54, 1.807) is 20.2 Å². The molecule has 0 bridgehead atoms. The molecule has 188 valence electrons. The van der Waals surface area contributed by atoms with E-state index in [9.17, 15) is 9.59 Å². The normalized spacial score (nSPS) is 18.5. The van der Waals surface area contributed by atoms with E-state index in [2.05, 4.69) is 16.0 Å². The Balaban J connectivity index is 1.28. The van der Waals surface area contributed by atoms with Crippen molar-refractivity contribution in [3.8, 4) is 22.8 Å². The van der Waals surface area contributed by atoms with Gasteiger partial charge in [-0.25, -0.2) is 4.98 Å².